The van der Waals surface area contributed by atoms with Crippen LogP contribution in [0.15, 0.2) is 71.9 Å². The third kappa shape index (κ3) is 6.53. The first-order valence-corrected chi connectivity index (χ1v) is 13.7. The summed E-state index contributed by atoms with van der Waals surface area (Å²) in [5.74, 6) is 1.81. The summed E-state index contributed by atoms with van der Waals surface area (Å²) in [6.45, 7) is 10.3. The molecule has 0 bridgehead atoms. The standard InChI is InChI=1S/C29H32ClN5OS/c1-18(2)22-11-14-25(15-12-22)32-28(36)31-21(5)27-33-34-29(37-17-23-9-7-6-8-19(23)3)35(27)26-16-24(30)13-10-20(26)4/h6-16,18,21H,17H2,1-5H3,(H2,31,32,36). The van der Waals surface area contributed by atoms with Gasteiger partial charge >= 0.3 is 6.03 Å². The molecule has 3 aromatic carbocycles. The van der Waals surface area contributed by atoms with Crippen molar-refractivity contribution in [3.05, 3.63) is 99.8 Å². The Morgan fingerprint density at radius 2 is 1.70 bits per heavy atom. The summed E-state index contributed by atoms with van der Waals surface area (Å²) in [6, 6.07) is 21.2. The van der Waals surface area contributed by atoms with Gasteiger partial charge in [-0.15, -0.1) is 10.2 Å². The summed E-state index contributed by atoms with van der Waals surface area (Å²) in [6.07, 6.45) is 0. The van der Waals surface area contributed by atoms with Crippen LogP contribution >= 0.6 is 23.4 Å². The van der Waals surface area contributed by atoms with Crippen LogP contribution < -0.4 is 10.6 Å². The number of carbonyl (C=O) groups is 1. The smallest absolute Gasteiger partial charge is 0.319 e. The van der Waals surface area contributed by atoms with Crippen LogP contribution in [0.1, 0.15) is 60.8 Å². The number of aryl methyl sites for hydroxylation is 2. The average Bonchev–Trinajstić information content (AvgIpc) is 3.29. The van der Waals surface area contributed by atoms with E-state index >= 15 is 0 Å². The van der Waals surface area contributed by atoms with Crippen molar-refractivity contribution in [2.45, 2.75) is 57.5 Å². The Morgan fingerprint density at radius 1 is 0.973 bits per heavy atom. The van der Waals surface area contributed by atoms with E-state index in [0.29, 0.717) is 16.8 Å². The van der Waals surface area contributed by atoms with Gasteiger partial charge in [0.25, 0.3) is 0 Å². The topological polar surface area (TPSA) is 71.8 Å². The highest BCUT2D eigenvalue weighted by atomic mass is 35.5. The molecule has 192 valence electrons. The van der Waals surface area contributed by atoms with Crippen molar-refractivity contribution in [2.24, 2.45) is 0 Å². The zero-order valence-electron chi connectivity index (χ0n) is 21.7. The molecular weight excluding hydrogens is 502 g/mol. The maximum absolute atomic E-state index is 12.8. The van der Waals surface area contributed by atoms with Crippen LogP contribution in [0.3, 0.4) is 0 Å². The number of urea groups is 1. The SMILES string of the molecule is Cc1ccccc1CSc1nnc(C(C)NC(=O)Nc2ccc(C(C)C)cc2)n1-c1cc(Cl)ccc1C. The minimum absolute atomic E-state index is 0.309. The quantitative estimate of drug-likeness (QED) is 0.226. The van der Waals surface area contributed by atoms with E-state index in [-0.39, 0.29) is 6.03 Å². The molecule has 1 aromatic heterocycles. The minimum atomic E-state index is -0.409. The molecule has 0 fully saturated rings. The maximum atomic E-state index is 12.8. The van der Waals surface area contributed by atoms with Crippen LogP contribution in [-0.4, -0.2) is 20.8 Å². The second kappa shape index (κ2) is 11.8. The fourth-order valence-electron chi connectivity index (χ4n) is 4.00. The van der Waals surface area contributed by atoms with E-state index in [0.717, 1.165) is 27.8 Å². The van der Waals surface area contributed by atoms with Crippen LogP contribution in [0.2, 0.25) is 5.02 Å². The van der Waals surface area contributed by atoms with Gasteiger partial charge in [0.05, 0.1) is 11.7 Å². The molecule has 1 atom stereocenters. The lowest BCUT2D eigenvalue weighted by atomic mass is 10.0. The van der Waals surface area contributed by atoms with Crippen LogP contribution in [-0.2, 0) is 5.75 Å². The summed E-state index contributed by atoms with van der Waals surface area (Å²) in [5.41, 5.74) is 6.34. The number of nitrogens with zero attached hydrogens (tertiary/aromatic N) is 3. The Labute approximate surface area is 227 Å². The molecule has 1 heterocycles. The van der Waals surface area contributed by atoms with Gasteiger partial charge in [0.2, 0.25) is 0 Å². The average molecular weight is 534 g/mol. The van der Waals surface area contributed by atoms with Gasteiger partial charge in [-0.25, -0.2) is 4.79 Å². The van der Waals surface area contributed by atoms with Crippen molar-refractivity contribution in [1.29, 1.82) is 0 Å². The van der Waals surface area contributed by atoms with Crippen LogP contribution in [0.4, 0.5) is 10.5 Å². The van der Waals surface area contributed by atoms with E-state index in [1.54, 1.807) is 11.8 Å². The Morgan fingerprint density at radius 3 is 2.41 bits per heavy atom. The molecule has 6 nitrogen and oxygen atoms in total. The van der Waals surface area contributed by atoms with E-state index in [4.69, 9.17) is 11.6 Å². The molecule has 0 aliphatic rings. The number of amides is 2. The molecule has 37 heavy (non-hydrogen) atoms. The first-order valence-electron chi connectivity index (χ1n) is 12.3. The minimum Gasteiger partial charge on any atom is -0.328 e. The molecular formula is C29H32ClN5OS. The number of hydrogen-bond donors (Lipinski definition) is 2. The second-order valence-corrected chi connectivity index (χ2v) is 10.8. The van der Waals surface area contributed by atoms with Crippen LogP contribution in [0.25, 0.3) is 5.69 Å². The summed E-state index contributed by atoms with van der Waals surface area (Å²) < 4.78 is 1.99. The van der Waals surface area contributed by atoms with E-state index in [1.807, 2.05) is 73.0 Å². The number of carbonyl (C=O) groups excluding carboxylic acids is 1. The molecule has 4 rings (SSSR count). The summed E-state index contributed by atoms with van der Waals surface area (Å²) in [7, 11) is 0. The number of halogens is 1. The van der Waals surface area contributed by atoms with E-state index in [9.17, 15) is 4.79 Å². The Kier molecular flexibility index (Phi) is 8.56. The van der Waals surface area contributed by atoms with Crippen molar-refractivity contribution in [3.63, 3.8) is 0 Å². The predicted octanol–water partition coefficient (Wildman–Crippen LogP) is 7.84. The highest BCUT2D eigenvalue weighted by Crippen LogP contribution is 2.31. The number of anilines is 1. The third-order valence-electron chi connectivity index (χ3n) is 6.26. The molecule has 0 aliphatic heterocycles. The van der Waals surface area contributed by atoms with Gasteiger partial charge < -0.3 is 10.6 Å². The van der Waals surface area contributed by atoms with Gasteiger partial charge in [-0.05, 0) is 73.2 Å². The number of thioether (sulfide) groups is 1. The number of benzene rings is 3. The van der Waals surface area contributed by atoms with Crippen LogP contribution in [0.5, 0.6) is 0 Å². The number of hydrogen-bond acceptors (Lipinski definition) is 4. The van der Waals surface area contributed by atoms with Crippen molar-refractivity contribution < 1.29 is 4.79 Å². The van der Waals surface area contributed by atoms with Gasteiger partial charge in [-0.3, -0.25) is 4.57 Å². The number of aromatic nitrogens is 3. The number of nitrogens with one attached hydrogen (secondary N) is 2. The zero-order chi connectivity index (χ0) is 26.5. The summed E-state index contributed by atoms with van der Waals surface area (Å²) in [4.78, 5) is 12.8. The molecule has 2 amide bonds. The Balaban J connectivity index is 1.58. The fourth-order valence-corrected chi connectivity index (χ4v) is 5.19. The van der Waals surface area contributed by atoms with Crippen molar-refractivity contribution >= 4 is 35.1 Å². The molecule has 0 saturated heterocycles. The van der Waals surface area contributed by atoms with E-state index in [1.165, 1.54) is 16.7 Å². The van der Waals surface area contributed by atoms with Crippen molar-refractivity contribution in [3.8, 4) is 5.69 Å². The lowest BCUT2D eigenvalue weighted by molar-refractivity contribution is 0.249. The van der Waals surface area contributed by atoms with Gasteiger partial charge in [-0.1, -0.05) is 79.7 Å². The molecule has 8 heteroatoms. The third-order valence-corrected chi connectivity index (χ3v) is 7.47. The van der Waals surface area contributed by atoms with E-state index < -0.39 is 6.04 Å². The molecule has 0 aliphatic carbocycles. The van der Waals surface area contributed by atoms with Crippen molar-refractivity contribution in [2.75, 3.05) is 5.32 Å². The second-order valence-electron chi connectivity index (χ2n) is 9.42. The lowest BCUT2D eigenvalue weighted by Crippen LogP contribution is -2.32. The summed E-state index contributed by atoms with van der Waals surface area (Å²) in [5, 5.41) is 16.3. The molecule has 0 radical (unpaired) electrons. The first-order chi connectivity index (χ1) is 17.7. The predicted molar refractivity (Wildman–Crippen MR) is 153 cm³/mol. The van der Waals surface area contributed by atoms with Gasteiger partial charge in [0.15, 0.2) is 11.0 Å². The fraction of sp³-hybridized carbons (Fsp3) is 0.276. The molecule has 2 N–H and O–H groups in total. The highest BCUT2D eigenvalue weighted by molar-refractivity contribution is 7.98. The zero-order valence-corrected chi connectivity index (χ0v) is 23.3. The van der Waals surface area contributed by atoms with Gasteiger partial charge in [0, 0.05) is 16.5 Å². The molecule has 0 saturated carbocycles. The van der Waals surface area contributed by atoms with Crippen molar-refractivity contribution in [1.82, 2.24) is 20.1 Å². The Hall–Kier alpha value is -3.29. The summed E-state index contributed by atoms with van der Waals surface area (Å²) >= 11 is 7.98. The molecule has 1 unspecified atom stereocenters. The Bertz CT molecular complexity index is 1380. The normalized spacial score (nSPS) is 12.0. The molecule has 4 aromatic rings. The molecule has 0 spiro atoms. The maximum Gasteiger partial charge on any atom is 0.319 e. The van der Waals surface area contributed by atoms with Gasteiger partial charge in [-0.2, -0.15) is 0 Å². The van der Waals surface area contributed by atoms with Crippen LogP contribution in [0, 0.1) is 13.8 Å². The van der Waals surface area contributed by atoms with E-state index in [2.05, 4.69) is 53.7 Å². The lowest BCUT2D eigenvalue weighted by Gasteiger charge is -2.18. The number of rotatable bonds is 8. The first kappa shape index (κ1) is 26.8. The largest absolute Gasteiger partial charge is 0.328 e. The monoisotopic (exact) mass is 533 g/mol. The van der Waals surface area contributed by atoms with Gasteiger partial charge in [0.1, 0.15) is 0 Å². The highest BCUT2D eigenvalue weighted by Gasteiger charge is 2.22.